The molecule has 0 radical (unpaired) electrons. The van der Waals surface area contributed by atoms with Gasteiger partial charge in [0.15, 0.2) is 5.96 Å². The summed E-state index contributed by atoms with van der Waals surface area (Å²) in [6.07, 6.45) is -2.54. The molecule has 1 aliphatic heterocycles. The Balaban J connectivity index is 0.00000387. The number of nitrogens with two attached hydrogens (primary N) is 1. The van der Waals surface area contributed by atoms with E-state index in [9.17, 15) is 18.3 Å². The van der Waals surface area contributed by atoms with Gasteiger partial charge in [0.05, 0.1) is 29.3 Å². The first-order valence-corrected chi connectivity index (χ1v) is 12.7. The van der Waals surface area contributed by atoms with Crippen LogP contribution in [0.2, 0.25) is 0 Å². The van der Waals surface area contributed by atoms with Crippen LogP contribution in [0.3, 0.4) is 0 Å². The monoisotopic (exact) mass is 591 g/mol. The minimum Gasteiger partial charge on any atom is -0.493 e. The van der Waals surface area contributed by atoms with Crippen LogP contribution in [0.4, 0.5) is 13.2 Å². The summed E-state index contributed by atoms with van der Waals surface area (Å²) in [7, 11) is 0. The Bertz CT molecular complexity index is 1540. The Labute approximate surface area is 239 Å². The van der Waals surface area contributed by atoms with Gasteiger partial charge in [0, 0.05) is 25.1 Å². The number of imidazole rings is 1. The molecule has 0 spiro atoms. The summed E-state index contributed by atoms with van der Waals surface area (Å²) >= 11 is 0. The molecule has 10 nitrogen and oxygen atoms in total. The maximum atomic E-state index is 14.0. The molecule has 1 saturated heterocycles. The number of likely N-dealkylation sites (tertiary alicyclic amines) is 1. The number of halogens is 4. The first-order valence-electron chi connectivity index (χ1n) is 12.7. The van der Waals surface area contributed by atoms with Crippen LogP contribution >= 0.6 is 12.4 Å². The van der Waals surface area contributed by atoms with Crippen molar-refractivity contribution in [2.45, 2.75) is 44.1 Å². The van der Waals surface area contributed by atoms with E-state index in [2.05, 4.69) is 21.7 Å². The number of aliphatic hydroxyl groups is 1. The van der Waals surface area contributed by atoms with Gasteiger partial charge in [-0.15, -0.1) is 19.0 Å². The van der Waals surface area contributed by atoms with Crippen molar-refractivity contribution in [3.8, 4) is 17.1 Å². The average molecular weight is 592 g/mol. The number of guanidine groups is 1. The van der Waals surface area contributed by atoms with E-state index in [-0.39, 0.29) is 48.0 Å². The van der Waals surface area contributed by atoms with Crippen LogP contribution in [0.15, 0.2) is 59.6 Å². The number of nitrogens with one attached hydrogen (secondary N) is 1. The highest BCUT2D eigenvalue weighted by Gasteiger charge is 2.39. The van der Waals surface area contributed by atoms with E-state index in [1.54, 1.807) is 6.08 Å². The molecular formula is C27H29ClF3N7O3. The second kappa shape index (κ2) is 12.2. The van der Waals surface area contributed by atoms with Crippen LogP contribution in [-0.2, 0) is 19.1 Å². The lowest BCUT2D eigenvalue weighted by molar-refractivity contribution is -0.138. The fourth-order valence-electron chi connectivity index (χ4n) is 4.89. The van der Waals surface area contributed by atoms with Gasteiger partial charge < -0.3 is 29.6 Å². The third-order valence-electron chi connectivity index (χ3n) is 6.76. The number of nitrogens with zero attached hydrogens (tertiary/aromatic N) is 5. The van der Waals surface area contributed by atoms with E-state index >= 15 is 0 Å². The van der Waals surface area contributed by atoms with Crippen molar-refractivity contribution in [3.63, 3.8) is 0 Å². The van der Waals surface area contributed by atoms with Crippen LogP contribution in [0.25, 0.3) is 22.4 Å². The standard InChI is InChI=1S/C27H28F3N7O3.ClH/c1-2-12-36-19-7-4-3-6-18(19)33-22(36)8-5-14-39-21-10-9-16(15-17(21)27(28,29)30)24-34-25(40-35-24)23-20(38)11-13-37(23)26(31)32;/h2-4,6-7,9-10,15,20,23,38H,1,5,8,11-14H2,(H3,31,32);1H/t20-,23-;/m0./s1. The van der Waals surface area contributed by atoms with Gasteiger partial charge in [0.25, 0.3) is 5.89 Å². The van der Waals surface area contributed by atoms with Crippen molar-refractivity contribution in [3.05, 3.63) is 72.4 Å². The second-order valence-electron chi connectivity index (χ2n) is 9.41. The molecule has 2 atom stereocenters. The number of fused-ring (bicyclic) bond motifs is 1. The third-order valence-corrected chi connectivity index (χ3v) is 6.76. The number of aryl methyl sites for hydroxylation is 1. The third kappa shape index (κ3) is 6.15. The van der Waals surface area contributed by atoms with Crippen LogP contribution in [0.5, 0.6) is 5.75 Å². The quantitative estimate of drug-likeness (QED) is 0.110. The lowest BCUT2D eigenvalue weighted by Crippen LogP contribution is -2.37. The molecule has 41 heavy (non-hydrogen) atoms. The highest BCUT2D eigenvalue weighted by molar-refractivity contribution is 5.85. The van der Waals surface area contributed by atoms with Crippen LogP contribution in [0.1, 0.15) is 36.2 Å². The molecule has 0 amide bonds. The molecule has 218 valence electrons. The molecule has 1 fully saturated rings. The van der Waals surface area contributed by atoms with Crippen LogP contribution in [-0.4, -0.2) is 54.9 Å². The molecule has 0 unspecified atom stereocenters. The highest BCUT2D eigenvalue weighted by Crippen LogP contribution is 2.39. The molecule has 0 saturated carbocycles. The number of allylic oxidation sites excluding steroid dienone is 1. The summed E-state index contributed by atoms with van der Waals surface area (Å²) in [5, 5.41) is 21.8. The van der Waals surface area contributed by atoms with E-state index in [4.69, 9.17) is 20.4 Å². The molecule has 1 aliphatic rings. The molecule has 0 bridgehead atoms. The predicted molar refractivity (Wildman–Crippen MR) is 148 cm³/mol. The smallest absolute Gasteiger partial charge is 0.419 e. The van der Waals surface area contributed by atoms with Crippen molar-refractivity contribution in [2.75, 3.05) is 13.2 Å². The number of hydrogen-bond donors (Lipinski definition) is 3. The van der Waals surface area contributed by atoms with Crippen LogP contribution < -0.4 is 10.5 Å². The van der Waals surface area contributed by atoms with E-state index in [1.807, 2.05) is 28.8 Å². The number of hydrogen-bond acceptors (Lipinski definition) is 7. The summed E-state index contributed by atoms with van der Waals surface area (Å²) in [6.45, 7) is 4.73. The highest BCUT2D eigenvalue weighted by atomic mass is 35.5. The SMILES string of the molecule is C=CCn1c(CCCOc2ccc(-c3noc([C@@H]4[C@@H](O)CCN4C(=N)N)n3)cc2C(F)(F)F)nc2ccccc21.Cl. The Morgan fingerprint density at radius 1 is 1.24 bits per heavy atom. The topological polar surface area (TPSA) is 139 Å². The summed E-state index contributed by atoms with van der Waals surface area (Å²) < 4.78 is 54.8. The minimum atomic E-state index is -4.69. The molecule has 5 rings (SSSR count). The maximum absolute atomic E-state index is 14.0. The summed E-state index contributed by atoms with van der Waals surface area (Å²) in [4.78, 5) is 10.2. The zero-order valence-corrected chi connectivity index (χ0v) is 22.7. The molecule has 3 heterocycles. The summed E-state index contributed by atoms with van der Waals surface area (Å²) in [5.41, 5.74) is 6.48. The van der Waals surface area contributed by atoms with Crippen LogP contribution in [0, 0.1) is 5.41 Å². The predicted octanol–water partition coefficient (Wildman–Crippen LogP) is 4.73. The first kappa shape index (κ1) is 29.9. The molecule has 4 aromatic rings. The van der Waals surface area contributed by atoms with E-state index in [1.165, 1.54) is 17.0 Å². The van der Waals surface area contributed by atoms with Gasteiger partial charge in [-0.2, -0.15) is 18.2 Å². The Hall–Kier alpha value is -4.10. The van der Waals surface area contributed by atoms with Crippen molar-refractivity contribution >= 4 is 29.4 Å². The Morgan fingerprint density at radius 2 is 2.02 bits per heavy atom. The summed E-state index contributed by atoms with van der Waals surface area (Å²) in [6, 6.07) is 10.4. The first-order chi connectivity index (χ1) is 19.2. The van der Waals surface area contributed by atoms with E-state index in [0.29, 0.717) is 32.4 Å². The summed E-state index contributed by atoms with van der Waals surface area (Å²) in [5.74, 6) is 0.0932. The lowest BCUT2D eigenvalue weighted by atomic mass is 10.1. The largest absolute Gasteiger partial charge is 0.493 e. The van der Waals surface area contributed by atoms with Crippen molar-refractivity contribution in [1.29, 1.82) is 5.41 Å². The zero-order chi connectivity index (χ0) is 28.4. The molecule has 2 aromatic heterocycles. The van der Waals surface area contributed by atoms with E-state index in [0.717, 1.165) is 22.9 Å². The number of alkyl halides is 3. The van der Waals surface area contributed by atoms with Gasteiger partial charge in [-0.3, -0.25) is 5.41 Å². The van der Waals surface area contributed by atoms with Gasteiger partial charge in [0.1, 0.15) is 17.6 Å². The van der Waals surface area contributed by atoms with Gasteiger partial charge in [0.2, 0.25) is 5.82 Å². The van der Waals surface area contributed by atoms with Gasteiger partial charge >= 0.3 is 6.18 Å². The van der Waals surface area contributed by atoms with Gasteiger partial charge in [-0.1, -0.05) is 23.4 Å². The molecule has 2 aromatic carbocycles. The lowest BCUT2D eigenvalue weighted by Gasteiger charge is -2.22. The van der Waals surface area contributed by atoms with Crippen molar-refractivity contribution < 1.29 is 27.5 Å². The second-order valence-corrected chi connectivity index (χ2v) is 9.41. The normalized spacial score (nSPS) is 17.0. The number of ether oxygens (including phenoxy) is 1. The van der Waals surface area contributed by atoms with E-state index < -0.39 is 23.9 Å². The zero-order valence-electron chi connectivity index (χ0n) is 21.8. The number of benzene rings is 2. The maximum Gasteiger partial charge on any atom is 0.419 e. The number of aliphatic hydroxyl groups excluding tert-OH is 1. The number of aromatic nitrogens is 4. The molecular weight excluding hydrogens is 563 g/mol. The fourth-order valence-corrected chi connectivity index (χ4v) is 4.89. The molecule has 14 heteroatoms. The van der Waals surface area contributed by atoms with Crippen molar-refractivity contribution in [1.82, 2.24) is 24.6 Å². The molecule has 4 N–H and O–H groups in total. The van der Waals surface area contributed by atoms with Gasteiger partial charge in [-0.05, 0) is 43.2 Å². The molecule has 0 aliphatic carbocycles. The Kier molecular flexibility index (Phi) is 8.88. The number of rotatable bonds is 9. The minimum absolute atomic E-state index is 0. The van der Waals surface area contributed by atoms with Gasteiger partial charge in [-0.25, -0.2) is 4.98 Å². The fraction of sp³-hybridized carbons (Fsp3) is 0.333. The number of para-hydroxylation sites is 2. The Morgan fingerprint density at radius 3 is 2.76 bits per heavy atom. The van der Waals surface area contributed by atoms with Crippen molar-refractivity contribution in [2.24, 2.45) is 5.73 Å². The average Bonchev–Trinajstić information content (AvgIpc) is 3.64.